The Kier molecular flexibility index (Phi) is 5.79. The van der Waals surface area contributed by atoms with E-state index in [1.807, 2.05) is 30.1 Å². The van der Waals surface area contributed by atoms with Crippen LogP contribution in [0, 0.1) is 0 Å². The number of aliphatic imine (C=N–C) groups is 1. The van der Waals surface area contributed by atoms with Crippen LogP contribution in [-0.4, -0.2) is 15.7 Å². The van der Waals surface area contributed by atoms with E-state index in [-0.39, 0.29) is 0 Å². The molecule has 0 amide bonds. The lowest BCUT2D eigenvalue weighted by Crippen LogP contribution is -2.22. The quantitative estimate of drug-likeness (QED) is 0.634. The van der Waals surface area contributed by atoms with Gasteiger partial charge in [0.1, 0.15) is 0 Å². The van der Waals surface area contributed by atoms with Crippen LogP contribution in [0.4, 0.5) is 5.69 Å². The van der Waals surface area contributed by atoms with Crippen LogP contribution in [0.2, 0.25) is 0 Å². The van der Waals surface area contributed by atoms with Crippen molar-refractivity contribution in [2.75, 3.05) is 5.32 Å². The minimum Gasteiger partial charge on any atom is -0.370 e. The van der Waals surface area contributed by atoms with E-state index in [2.05, 4.69) is 48.3 Å². The molecule has 1 aromatic carbocycles. The summed E-state index contributed by atoms with van der Waals surface area (Å²) in [5, 5.41) is 7.55. The molecule has 124 valence electrons. The molecule has 1 unspecified atom stereocenters. The predicted molar refractivity (Wildman–Crippen MR) is 96.7 cm³/mol. The van der Waals surface area contributed by atoms with Gasteiger partial charge in [0.2, 0.25) is 0 Å². The fourth-order valence-corrected chi connectivity index (χ4v) is 2.50. The van der Waals surface area contributed by atoms with Crippen LogP contribution >= 0.6 is 0 Å². The third-order valence-corrected chi connectivity index (χ3v) is 4.11. The lowest BCUT2D eigenvalue weighted by molar-refractivity contribution is 0.734. The van der Waals surface area contributed by atoms with Gasteiger partial charge in [0.25, 0.3) is 0 Å². The summed E-state index contributed by atoms with van der Waals surface area (Å²) in [6.07, 6.45) is 4.04. The zero-order valence-corrected chi connectivity index (χ0v) is 14.5. The van der Waals surface area contributed by atoms with Crippen molar-refractivity contribution in [3.63, 3.8) is 0 Å². The summed E-state index contributed by atoms with van der Waals surface area (Å²) in [5.41, 5.74) is 10.5. The number of nitrogens with two attached hydrogens (primary N) is 1. The van der Waals surface area contributed by atoms with Crippen molar-refractivity contribution in [1.82, 2.24) is 9.78 Å². The van der Waals surface area contributed by atoms with Gasteiger partial charge in [0.05, 0.1) is 12.2 Å². The van der Waals surface area contributed by atoms with Gasteiger partial charge in [-0.25, -0.2) is 4.99 Å². The van der Waals surface area contributed by atoms with E-state index in [9.17, 15) is 0 Å². The molecule has 3 N–H and O–H groups in total. The summed E-state index contributed by atoms with van der Waals surface area (Å²) >= 11 is 0. The second-order valence-electron chi connectivity index (χ2n) is 5.89. The van der Waals surface area contributed by atoms with E-state index >= 15 is 0 Å². The van der Waals surface area contributed by atoms with Crippen molar-refractivity contribution in [3.8, 4) is 0 Å². The molecule has 0 aliphatic rings. The van der Waals surface area contributed by atoms with Crippen LogP contribution in [0.25, 0.3) is 0 Å². The minimum atomic E-state index is 0.423. The normalized spacial score (nSPS) is 13.1. The number of rotatable bonds is 6. The Hall–Kier alpha value is -2.30. The molecule has 2 aromatic rings. The number of hydrogen-bond acceptors (Lipinski definition) is 2. The first-order valence-electron chi connectivity index (χ1n) is 8.21. The zero-order valence-electron chi connectivity index (χ0n) is 14.5. The molecule has 0 saturated heterocycles. The van der Waals surface area contributed by atoms with Gasteiger partial charge in [-0.3, -0.25) is 4.68 Å². The molecule has 2 rings (SSSR count). The van der Waals surface area contributed by atoms with Crippen LogP contribution in [0.5, 0.6) is 0 Å². The molecule has 0 radical (unpaired) electrons. The molecule has 5 heteroatoms. The molecule has 0 bridgehead atoms. The largest absolute Gasteiger partial charge is 0.370 e. The van der Waals surface area contributed by atoms with E-state index in [1.165, 1.54) is 5.56 Å². The Morgan fingerprint density at radius 1 is 1.30 bits per heavy atom. The third-order valence-electron chi connectivity index (χ3n) is 4.11. The van der Waals surface area contributed by atoms with Crippen LogP contribution in [0.3, 0.4) is 0 Å². The molecule has 1 heterocycles. The van der Waals surface area contributed by atoms with Gasteiger partial charge in [0, 0.05) is 24.5 Å². The SMILES string of the molecule is CCc1nn(C)cc1CN=C(N)Nc1ccc(C(C)CC)cc1. The molecular weight excluding hydrogens is 286 g/mol. The lowest BCUT2D eigenvalue weighted by atomic mass is 9.99. The molecule has 0 aliphatic carbocycles. The monoisotopic (exact) mass is 313 g/mol. The standard InChI is InChI=1S/C18H27N5/c1-5-13(3)14-7-9-16(10-8-14)21-18(19)20-11-15-12-23(4)22-17(15)6-2/h7-10,12-13H,5-6,11H2,1-4H3,(H3,19,20,21). The first-order valence-corrected chi connectivity index (χ1v) is 8.21. The average Bonchev–Trinajstić information content (AvgIpc) is 2.93. The number of aromatic nitrogens is 2. The molecule has 0 fully saturated rings. The van der Waals surface area contributed by atoms with E-state index in [1.54, 1.807) is 0 Å². The van der Waals surface area contributed by atoms with Crippen molar-refractivity contribution in [2.24, 2.45) is 17.8 Å². The van der Waals surface area contributed by atoms with Crippen molar-refractivity contribution >= 4 is 11.6 Å². The molecular formula is C18H27N5. The average molecular weight is 313 g/mol. The summed E-state index contributed by atoms with van der Waals surface area (Å²) in [6.45, 7) is 7.07. The van der Waals surface area contributed by atoms with Crippen LogP contribution < -0.4 is 11.1 Å². The maximum Gasteiger partial charge on any atom is 0.193 e. The number of benzene rings is 1. The van der Waals surface area contributed by atoms with E-state index in [0.717, 1.165) is 29.8 Å². The Morgan fingerprint density at radius 3 is 2.61 bits per heavy atom. The molecule has 1 atom stereocenters. The molecule has 1 aromatic heterocycles. The number of anilines is 1. The number of hydrogen-bond donors (Lipinski definition) is 2. The predicted octanol–water partition coefficient (Wildman–Crippen LogP) is 3.42. The summed E-state index contributed by atoms with van der Waals surface area (Å²) in [7, 11) is 1.92. The highest BCUT2D eigenvalue weighted by molar-refractivity contribution is 5.92. The summed E-state index contributed by atoms with van der Waals surface area (Å²) in [6, 6.07) is 8.37. The Bertz CT molecular complexity index is 655. The van der Waals surface area contributed by atoms with Gasteiger partial charge >= 0.3 is 0 Å². The molecule has 0 spiro atoms. The topological polar surface area (TPSA) is 68.2 Å². The van der Waals surface area contributed by atoms with Crippen molar-refractivity contribution in [3.05, 3.63) is 47.3 Å². The maximum absolute atomic E-state index is 5.99. The van der Waals surface area contributed by atoms with Gasteiger partial charge in [0.15, 0.2) is 5.96 Å². The molecule has 0 aliphatic heterocycles. The van der Waals surface area contributed by atoms with Crippen molar-refractivity contribution in [2.45, 2.75) is 46.1 Å². The minimum absolute atomic E-state index is 0.423. The second kappa shape index (κ2) is 7.81. The molecule has 0 saturated carbocycles. The first-order chi connectivity index (χ1) is 11.0. The number of guanidine groups is 1. The highest BCUT2D eigenvalue weighted by atomic mass is 15.3. The fraction of sp³-hybridized carbons (Fsp3) is 0.444. The maximum atomic E-state index is 5.99. The third kappa shape index (κ3) is 4.58. The summed E-state index contributed by atoms with van der Waals surface area (Å²) in [5.74, 6) is 1.00. The Balaban J connectivity index is 1.99. The van der Waals surface area contributed by atoms with Crippen LogP contribution in [0.15, 0.2) is 35.5 Å². The Morgan fingerprint density at radius 2 is 2.00 bits per heavy atom. The van der Waals surface area contributed by atoms with Crippen LogP contribution in [0.1, 0.15) is 49.9 Å². The van der Waals surface area contributed by atoms with Crippen LogP contribution in [-0.2, 0) is 20.0 Å². The summed E-state index contributed by atoms with van der Waals surface area (Å²) < 4.78 is 1.82. The van der Waals surface area contributed by atoms with E-state index in [4.69, 9.17) is 5.73 Å². The van der Waals surface area contributed by atoms with E-state index < -0.39 is 0 Å². The molecule has 23 heavy (non-hydrogen) atoms. The second-order valence-corrected chi connectivity index (χ2v) is 5.89. The van der Waals surface area contributed by atoms with Gasteiger partial charge in [-0.05, 0) is 36.5 Å². The highest BCUT2D eigenvalue weighted by Crippen LogP contribution is 2.20. The highest BCUT2D eigenvalue weighted by Gasteiger charge is 2.06. The van der Waals surface area contributed by atoms with Gasteiger partial charge in [-0.1, -0.05) is 32.9 Å². The summed E-state index contributed by atoms with van der Waals surface area (Å²) in [4.78, 5) is 4.42. The first kappa shape index (κ1) is 17.1. The van der Waals surface area contributed by atoms with E-state index in [0.29, 0.717) is 18.4 Å². The smallest absolute Gasteiger partial charge is 0.193 e. The number of aryl methyl sites for hydroxylation is 2. The number of nitrogens with zero attached hydrogens (tertiary/aromatic N) is 3. The van der Waals surface area contributed by atoms with Gasteiger partial charge in [-0.15, -0.1) is 0 Å². The number of nitrogens with one attached hydrogen (secondary N) is 1. The van der Waals surface area contributed by atoms with Gasteiger partial charge < -0.3 is 11.1 Å². The van der Waals surface area contributed by atoms with Crippen molar-refractivity contribution < 1.29 is 0 Å². The Labute approximate surface area is 138 Å². The zero-order chi connectivity index (χ0) is 16.8. The van der Waals surface area contributed by atoms with Gasteiger partial charge in [-0.2, -0.15) is 5.10 Å². The van der Waals surface area contributed by atoms with Crippen molar-refractivity contribution in [1.29, 1.82) is 0 Å². The fourth-order valence-electron chi connectivity index (χ4n) is 2.50. The lowest BCUT2D eigenvalue weighted by Gasteiger charge is -2.10. The molecule has 5 nitrogen and oxygen atoms in total.